The van der Waals surface area contributed by atoms with Crippen LogP contribution in [0.1, 0.15) is 48.0 Å². The Kier molecular flexibility index (Phi) is 4.62. The second-order valence-corrected chi connectivity index (χ2v) is 7.10. The minimum atomic E-state index is -0.180. The number of aliphatic hydroxyl groups is 1. The normalized spacial score (nSPS) is 18.7. The van der Waals surface area contributed by atoms with Crippen LogP contribution in [0.25, 0.3) is 0 Å². The number of carbonyl (C=O) groups is 1. The third-order valence-corrected chi connectivity index (χ3v) is 4.41. The van der Waals surface area contributed by atoms with Crippen LogP contribution in [0.5, 0.6) is 0 Å². The average Bonchev–Trinajstić information content (AvgIpc) is 3.00. The summed E-state index contributed by atoms with van der Waals surface area (Å²) in [6, 6.07) is 9.63. The van der Waals surface area contributed by atoms with Crippen molar-refractivity contribution in [3.05, 3.63) is 53.5 Å². The average molecular weight is 328 g/mol. The van der Waals surface area contributed by atoms with Crippen molar-refractivity contribution in [2.45, 2.75) is 32.7 Å². The van der Waals surface area contributed by atoms with Gasteiger partial charge in [-0.25, -0.2) is 0 Å². The molecule has 2 aromatic rings. The molecule has 0 saturated carbocycles. The van der Waals surface area contributed by atoms with Gasteiger partial charge in [0.1, 0.15) is 5.76 Å². The largest absolute Gasteiger partial charge is 0.469 e. The van der Waals surface area contributed by atoms with E-state index >= 15 is 0 Å². The number of rotatable bonds is 5. The van der Waals surface area contributed by atoms with E-state index in [-0.39, 0.29) is 30.5 Å². The maximum atomic E-state index is 12.0. The number of hydrogen-bond acceptors (Lipinski definition) is 4. The van der Waals surface area contributed by atoms with Gasteiger partial charge in [-0.15, -0.1) is 0 Å². The minimum Gasteiger partial charge on any atom is -0.469 e. The Hall–Kier alpha value is -2.27. The highest BCUT2D eigenvalue weighted by molar-refractivity contribution is 5.95. The van der Waals surface area contributed by atoms with Gasteiger partial charge >= 0.3 is 0 Å². The van der Waals surface area contributed by atoms with Crippen molar-refractivity contribution in [1.29, 1.82) is 0 Å². The highest BCUT2D eigenvalue weighted by atomic mass is 16.3. The van der Waals surface area contributed by atoms with E-state index in [9.17, 15) is 4.79 Å². The molecule has 1 atom stereocenters. The van der Waals surface area contributed by atoms with Gasteiger partial charge in [0.15, 0.2) is 0 Å². The smallest absolute Gasteiger partial charge is 0.251 e. The van der Waals surface area contributed by atoms with Crippen LogP contribution >= 0.6 is 0 Å². The first kappa shape index (κ1) is 16.6. The zero-order valence-electron chi connectivity index (χ0n) is 14.1. The van der Waals surface area contributed by atoms with Crippen molar-refractivity contribution in [2.24, 2.45) is 5.41 Å². The Morgan fingerprint density at radius 3 is 3.00 bits per heavy atom. The SMILES string of the molecule is CC1(C)Cc2occc2C(Nc2cccc(C(=O)NCCO)c2)C1. The van der Waals surface area contributed by atoms with Crippen molar-refractivity contribution in [3.63, 3.8) is 0 Å². The molecule has 1 amide bonds. The molecule has 5 nitrogen and oxygen atoms in total. The highest BCUT2D eigenvalue weighted by Crippen LogP contribution is 2.42. The summed E-state index contributed by atoms with van der Waals surface area (Å²) in [5.74, 6) is 0.862. The lowest BCUT2D eigenvalue weighted by Gasteiger charge is -2.35. The third-order valence-electron chi connectivity index (χ3n) is 4.41. The lowest BCUT2D eigenvalue weighted by Crippen LogP contribution is -2.28. The van der Waals surface area contributed by atoms with Gasteiger partial charge in [-0.1, -0.05) is 19.9 Å². The molecule has 0 fully saturated rings. The number of anilines is 1. The van der Waals surface area contributed by atoms with Crippen molar-refractivity contribution < 1.29 is 14.3 Å². The lowest BCUT2D eigenvalue weighted by atomic mass is 9.74. The Labute approximate surface area is 142 Å². The highest BCUT2D eigenvalue weighted by Gasteiger charge is 2.34. The number of fused-ring (bicyclic) bond motifs is 1. The maximum absolute atomic E-state index is 12.0. The predicted molar refractivity (Wildman–Crippen MR) is 93.0 cm³/mol. The summed E-state index contributed by atoms with van der Waals surface area (Å²) in [6.45, 7) is 4.67. The van der Waals surface area contributed by atoms with Crippen LogP contribution < -0.4 is 10.6 Å². The van der Waals surface area contributed by atoms with Crippen LogP contribution in [0.2, 0.25) is 0 Å². The number of hydrogen-bond donors (Lipinski definition) is 3. The Bertz CT molecular complexity index is 721. The second kappa shape index (κ2) is 6.69. The molecule has 0 bridgehead atoms. The molecule has 0 saturated heterocycles. The summed E-state index contributed by atoms with van der Waals surface area (Å²) in [5, 5.41) is 15.0. The standard InChI is InChI=1S/C19H24N2O3/c1-19(2)11-16(15-6-9-24-17(15)12-19)21-14-5-3-4-13(10-14)18(23)20-7-8-22/h3-6,9-10,16,21-22H,7-8,11-12H2,1-2H3,(H,20,23). The first-order chi connectivity index (χ1) is 11.5. The first-order valence-corrected chi connectivity index (χ1v) is 8.30. The van der Waals surface area contributed by atoms with E-state index in [1.807, 2.05) is 24.3 Å². The van der Waals surface area contributed by atoms with Gasteiger partial charge in [-0.3, -0.25) is 4.79 Å². The van der Waals surface area contributed by atoms with Crippen LogP contribution in [-0.2, 0) is 6.42 Å². The van der Waals surface area contributed by atoms with Crippen molar-refractivity contribution in [3.8, 4) is 0 Å². The maximum Gasteiger partial charge on any atom is 0.251 e. The Balaban J connectivity index is 1.78. The van der Waals surface area contributed by atoms with Gasteiger partial charge in [0.05, 0.1) is 18.9 Å². The van der Waals surface area contributed by atoms with Crippen LogP contribution in [0.15, 0.2) is 41.0 Å². The number of amides is 1. The van der Waals surface area contributed by atoms with Crippen LogP contribution in [-0.4, -0.2) is 24.2 Å². The van der Waals surface area contributed by atoms with Crippen molar-refractivity contribution in [1.82, 2.24) is 5.32 Å². The van der Waals surface area contributed by atoms with E-state index in [1.54, 1.807) is 12.3 Å². The molecule has 1 aromatic carbocycles. The van der Waals surface area contributed by atoms with Crippen molar-refractivity contribution >= 4 is 11.6 Å². The lowest BCUT2D eigenvalue weighted by molar-refractivity contribution is 0.0945. The number of benzene rings is 1. The molecule has 1 heterocycles. The van der Waals surface area contributed by atoms with E-state index in [2.05, 4.69) is 24.5 Å². The molecule has 0 aliphatic heterocycles. The summed E-state index contributed by atoms with van der Waals surface area (Å²) in [4.78, 5) is 12.0. The molecule has 1 aliphatic rings. The number of carbonyl (C=O) groups excluding carboxylic acids is 1. The first-order valence-electron chi connectivity index (χ1n) is 8.30. The number of aliphatic hydroxyl groups excluding tert-OH is 1. The van der Waals surface area contributed by atoms with Crippen LogP contribution in [0, 0.1) is 5.41 Å². The topological polar surface area (TPSA) is 74.5 Å². The Morgan fingerprint density at radius 2 is 2.21 bits per heavy atom. The zero-order chi connectivity index (χ0) is 17.2. The fourth-order valence-electron chi connectivity index (χ4n) is 3.33. The number of furan rings is 1. The molecule has 1 aromatic heterocycles. The molecule has 0 radical (unpaired) electrons. The zero-order valence-corrected chi connectivity index (χ0v) is 14.1. The molecule has 1 aliphatic carbocycles. The quantitative estimate of drug-likeness (QED) is 0.788. The molecule has 5 heteroatoms. The minimum absolute atomic E-state index is 0.0654. The third kappa shape index (κ3) is 3.62. The van der Waals surface area contributed by atoms with Crippen molar-refractivity contribution in [2.75, 3.05) is 18.5 Å². The molecule has 128 valence electrons. The summed E-state index contributed by atoms with van der Waals surface area (Å²) < 4.78 is 5.64. The van der Waals surface area contributed by atoms with Gasteiger partial charge < -0.3 is 20.2 Å². The molecular weight excluding hydrogens is 304 g/mol. The summed E-state index contributed by atoms with van der Waals surface area (Å²) in [6.07, 6.45) is 3.69. The van der Waals surface area contributed by atoms with Gasteiger partial charge in [0.25, 0.3) is 5.91 Å². The molecule has 1 unspecified atom stereocenters. The second-order valence-electron chi connectivity index (χ2n) is 7.10. The van der Waals surface area contributed by atoms with Gasteiger partial charge in [0.2, 0.25) is 0 Å². The molecule has 0 spiro atoms. The summed E-state index contributed by atoms with van der Waals surface area (Å²) in [7, 11) is 0. The molecule has 24 heavy (non-hydrogen) atoms. The van der Waals surface area contributed by atoms with Gasteiger partial charge in [0, 0.05) is 29.8 Å². The Morgan fingerprint density at radius 1 is 1.38 bits per heavy atom. The van der Waals surface area contributed by atoms with E-state index in [0.717, 1.165) is 24.3 Å². The van der Waals surface area contributed by atoms with Crippen LogP contribution in [0.4, 0.5) is 5.69 Å². The van der Waals surface area contributed by atoms with E-state index < -0.39 is 0 Å². The van der Waals surface area contributed by atoms with E-state index in [4.69, 9.17) is 9.52 Å². The monoisotopic (exact) mass is 328 g/mol. The molecular formula is C19H24N2O3. The molecule has 3 N–H and O–H groups in total. The predicted octanol–water partition coefficient (Wildman–Crippen LogP) is 3.13. The summed E-state index contributed by atoms with van der Waals surface area (Å²) >= 11 is 0. The van der Waals surface area contributed by atoms with E-state index in [1.165, 1.54) is 5.56 Å². The fraction of sp³-hybridized carbons (Fsp3) is 0.421. The fourth-order valence-corrected chi connectivity index (χ4v) is 3.33. The van der Waals surface area contributed by atoms with E-state index in [0.29, 0.717) is 5.56 Å². The van der Waals surface area contributed by atoms with Gasteiger partial charge in [-0.2, -0.15) is 0 Å². The van der Waals surface area contributed by atoms with Crippen LogP contribution in [0.3, 0.4) is 0 Å². The summed E-state index contributed by atoms with van der Waals surface area (Å²) in [5.41, 5.74) is 2.85. The van der Waals surface area contributed by atoms with Gasteiger partial charge in [-0.05, 0) is 36.1 Å². The molecule has 3 rings (SSSR count). The number of nitrogens with one attached hydrogen (secondary N) is 2.